The topological polar surface area (TPSA) is 15.3 Å². The van der Waals surface area contributed by atoms with Crippen LogP contribution >= 0.6 is 0 Å². The minimum Gasteiger partial charge on any atom is -0.314 e. The van der Waals surface area contributed by atoms with Gasteiger partial charge in [-0.25, -0.2) is 0 Å². The summed E-state index contributed by atoms with van der Waals surface area (Å²) in [6, 6.07) is 1.51. The molecule has 17 heavy (non-hydrogen) atoms. The van der Waals surface area contributed by atoms with Crippen molar-refractivity contribution in [2.45, 2.75) is 66.0 Å². The third-order valence-electron chi connectivity index (χ3n) is 4.36. The van der Waals surface area contributed by atoms with Crippen molar-refractivity contribution in [2.75, 3.05) is 19.6 Å². The number of nitrogens with zero attached hydrogens (tertiary/aromatic N) is 1. The van der Waals surface area contributed by atoms with Crippen molar-refractivity contribution in [3.05, 3.63) is 0 Å². The molecule has 1 N–H and O–H groups in total. The maximum Gasteiger partial charge on any atom is 0.00940 e. The van der Waals surface area contributed by atoms with Crippen molar-refractivity contribution in [1.82, 2.24) is 10.2 Å². The fourth-order valence-electron chi connectivity index (χ4n) is 2.61. The molecule has 102 valence electrons. The average Bonchev–Trinajstić information content (AvgIpc) is 2.29. The zero-order chi connectivity index (χ0) is 12.8. The summed E-state index contributed by atoms with van der Waals surface area (Å²) in [6.07, 6.45) is 3.90. The predicted octanol–water partition coefficient (Wildman–Crippen LogP) is 3.13. The highest BCUT2D eigenvalue weighted by molar-refractivity contribution is 4.83. The summed E-state index contributed by atoms with van der Waals surface area (Å²) in [6.45, 7) is 15.4. The van der Waals surface area contributed by atoms with Crippen LogP contribution in [0.2, 0.25) is 0 Å². The maximum atomic E-state index is 3.67. The van der Waals surface area contributed by atoms with E-state index >= 15 is 0 Å². The summed E-state index contributed by atoms with van der Waals surface area (Å²) in [4.78, 5) is 2.69. The number of rotatable bonds is 6. The third kappa shape index (κ3) is 4.97. The van der Waals surface area contributed by atoms with Gasteiger partial charge in [0.2, 0.25) is 0 Å². The normalized spacial score (nSPS) is 28.6. The molecule has 0 amide bonds. The molecule has 0 spiro atoms. The molecule has 0 aromatic heterocycles. The second-order valence-electron chi connectivity index (χ2n) is 6.24. The number of likely N-dealkylation sites (tertiary alicyclic amines) is 1. The maximum absolute atomic E-state index is 3.67. The lowest BCUT2D eigenvalue weighted by molar-refractivity contribution is 0.109. The molecule has 0 radical (unpaired) electrons. The monoisotopic (exact) mass is 240 g/mol. The van der Waals surface area contributed by atoms with E-state index in [1.54, 1.807) is 0 Å². The molecular weight excluding hydrogens is 208 g/mol. The molecule has 3 unspecified atom stereocenters. The molecule has 2 heteroatoms. The summed E-state index contributed by atoms with van der Waals surface area (Å²) < 4.78 is 0. The zero-order valence-corrected chi connectivity index (χ0v) is 12.5. The highest BCUT2D eigenvalue weighted by Gasteiger charge is 2.26. The number of piperidine rings is 1. The fraction of sp³-hybridized carbons (Fsp3) is 1.00. The minimum absolute atomic E-state index is 0.749. The first kappa shape index (κ1) is 15.0. The first-order chi connectivity index (χ1) is 8.04. The molecular formula is C15H32N2. The van der Waals surface area contributed by atoms with E-state index in [2.05, 4.69) is 44.8 Å². The Morgan fingerprint density at radius 3 is 2.53 bits per heavy atom. The molecule has 1 rings (SSSR count). The lowest BCUT2D eigenvalue weighted by Gasteiger charge is -2.40. The number of nitrogens with one attached hydrogen (secondary N) is 1. The van der Waals surface area contributed by atoms with Gasteiger partial charge in [-0.1, -0.05) is 27.7 Å². The third-order valence-corrected chi connectivity index (χ3v) is 4.36. The van der Waals surface area contributed by atoms with E-state index < -0.39 is 0 Å². The summed E-state index contributed by atoms with van der Waals surface area (Å²) in [5.74, 6) is 1.62. The number of hydrogen-bond acceptors (Lipinski definition) is 2. The molecule has 1 aliphatic rings. The van der Waals surface area contributed by atoms with Crippen molar-refractivity contribution in [3.63, 3.8) is 0 Å². The molecule has 0 aromatic carbocycles. The average molecular weight is 240 g/mol. The van der Waals surface area contributed by atoms with E-state index in [1.807, 2.05) is 0 Å². The van der Waals surface area contributed by atoms with E-state index in [0.717, 1.165) is 23.9 Å². The summed E-state index contributed by atoms with van der Waals surface area (Å²) in [7, 11) is 0. The van der Waals surface area contributed by atoms with E-state index in [-0.39, 0.29) is 0 Å². The lowest BCUT2D eigenvalue weighted by atomic mass is 9.93. The predicted molar refractivity (Wildman–Crippen MR) is 76.4 cm³/mol. The van der Waals surface area contributed by atoms with Crippen molar-refractivity contribution >= 4 is 0 Å². The quantitative estimate of drug-likeness (QED) is 0.767. The Morgan fingerprint density at radius 2 is 2.00 bits per heavy atom. The minimum atomic E-state index is 0.749. The van der Waals surface area contributed by atoms with Gasteiger partial charge in [-0.3, -0.25) is 0 Å². The fourth-order valence-corrected chi connectivity index (χ4v) is 2.61. The van der Waals surface area contributed by atoms with E-state index in [9.17, 15) is 0 Å². The molecule has 0 aliphatic carbocycles. The van der Waals surface area contributed by atoms with Crippen LogP contribution in [0.15, 0.2) is 0 Å². The van der Waals surface area contributed by atoms with Gasteiger partial charge in [0.1, 0.15) is 0 Å². The highest BCUT2D eigenvalue weighted by atomic mass is 15.2. The summed E-state index contributed by atoms with van der Waals surface area (Å²) in [5.41, 5.74) is 0. The molecule has 0 bridgehead atoms. The highest BCUT2D eigenvalue weighted by Crippen LogP contribution is 2.21. The van der Waals surface area contributed by atoms with Crippen LogP contribution < -0.4 is 5.32 Å². The Hall–Kier alpha value is -0.0800. The van der Waals surface area contributed by atoms with Crippen LogP contribution in [0.5, 0.6) is 0 Å². The van der Waals surface area contributed by atoms with E-state index in [0.29, 0.717) is 0 Å². The molecule has 1 saturated heterocycles. The molecule has 2 nitrogen and oxygen atoms in total. The van der Waals surface area contributed by atoms with Gasteiger partial charge < -0.3 is 10.2 Å². The van der Waals surface area contributed by atoms with Crippen LogP contribution in [0.1, 0.15) is 53.9 Å². The number of hydrogen-bond donors (Lipinski definition) is 1. The van der Waals surface area contributed by atoms with Gasteiger partial charge in [-0.05, 0) is 51.1 Å². The van der Waals surface area contributed by atoms with E-state index in [4.69, 9.17) is 0 Å². The van der Waals surface area contributed by atoms with Gasteiger partial charge in [-0.15, -0.1) is 0 Å². The van der Waals surface area contributed by atoms with Crippen LogP contribution in [0.4, 0.5) is 0 Å². The van der Waals surface area contributed by atoms with Crippen LogP contribution in [0.3, 0.4) is 0 Å². The van der Waals surface area contributed by atoms with Crippen molar-refractivity contribution < 1.29 is 0 Å². The van der Waals surface area contributed by atoms with Crippen LogP contribution in [0, 0.1) is 11.8 Å². The second kappa shape index (κ2) is 7.38. The first-order valence-electron chi connectivity index (χ1n) is 7.52. The summed E-state index contributed by atoms with van der Waals surface area (Å²) >= 11 is 0. The Morgan fingerprint density at radius 1 is 1.29 bits per heavy atom. The Bertz CT molecular complexity index is 203. The SMILES string of the molecule is CCCNC1CCN(CC(C)C(C)C)C(C)C1. The summed E-state index contributed by atoms with van der Waals surface area (Å²) in [5, 5.41) is 3.67. The van der Waals surface area contributed by atoms with Gasteiger partial charge in [0.25, 0.3) is 0 Å². The Kier molecular flexibility index (Phi) is 6.50. The first-order valence-corrected chi connectivity index (χ1v) is 7.52. The van der Waals surface area contributed by atoms with E-state index in [1.165, 1.54) is 38.9 Å². The molecule has 1 heterocycles. The largest absolute Gasteiger partial charge is 0.314 e. The molecule has 1 aliphatic heterocycles. The molecule has 3 atom stereocenters. The smallest absolute Gasteiger partial charge is 0.00940 e. The van der Waals surface area contributed by atoms with Gasteiger partial charge in [0, 0.05) is 18.6 Å². The lowest BCUT2D eigenvalue weighted by Crippen LogP contribution is -2.49. The van der Waals surface area contributed by atoms with Gasteiger partial charge >= 0.3 is 0 Å². The van der Waals surface area contributed by atoms with Crippen LogP contribution in [-0.2, 0) is 0 Å². The molecule has 0 saturated carbocycles. The van der Waals surface area contributed by atoms with Crippen molar-refractivity contribution in [3.8, 4) is 0 Å². The zero-order valence-electron chi connectivity index (χ0n) is 12.5. The standard InChI is InChI=1S/C15H32N2/c1-6-8-16-15-7-9-17(14(5)10-15)11-13(4)12(2)3/h12-16H,6-11H2,1-5H3. The van der Waals surface area contributed by atoms with Gasteiger partial charge in [0.05, 0.1) is 0 Å². The van der Waals surface area contributed by atoms with Crippen LogP contribution in [-0.4, -0.2) is 36.6 Å². The Labute approximate surface area is 108 Å². The van der Waals surface area contributed by atoms with Crippen LogP contribution in [0.25, 0.3) is 0 Å². The second-order valence-corrected chi connectivity index (χ2v) is 6.24. The van der Waals surface area contributed by atoms with Gasteiger partial charge in [0.15, 0.2) is 0 Å². The van der Waals surface area contributed by atoms with Crippen molar-refractivity contribution in [2.24, 2.45) is 11.8 Å². The molecule has 0 aromatic rings. The van der Waals surface area contributed by atoms with Gasteiger partial charge in [-0.2, -0.15) is 0 Å². The van der Waals surface area contributed by atoms with Crippen molar-refractivity contribution in [1.29, 1.82) is 0 Å². The molecule has 1 fully saturated rings. The Balaban J connectivity index is 2.32.